The van der Waals surface area contributed by atoms with Crippen molar-refractivity contribution in [2.45, 2.75) is 19.0 Å². The minimum atomic E-state index is -3.35. The predicted molar refractivity (Wildman–Crippen MR) is 132 cm³/mol. The van der Waals surface area contributed by atoms with E-state index >= 15 is 0 Å². The fraction of sp³-hybridized carbons (Fsp3) is 0.208. The molecule has 2 aromatic carbocycles. The average Bonchev–Trinajstić information content (AvgIpc) is 3.13. The van der Waals surface area contributed by atoms with E-state index in [1.54, 1.807) is 43.3 Å². The van der Waals surface area contributed by atoms with Crippen molar-refractivity contribution in [3.8, 4) is 0 Å². The minimum absolute atomic E-state index is 0.220. The van der Waals surface area contributed by atoms with Crippen molar-refractivity contribution >= 4 is 52.4 Å². The molecule has 0 radical (unpaired) electrons. The van der Waals surface area contributed by atoms with Crippen LogP contribution in [0.1, 0.15) is 29.3 Å². The molecule has 0 bridgehead atoms. The first-order chi connectivity index (χ1) is 15.3. The van der Waals surface area contributed by atoms with Crippen LogP contribution in [0.25, 0.3) is 16.2 Å². The Morgan fingerprint density at radius 3 is 2.84 bits per heavy atom. The monoisotopic (exact) mass is 491 g/mol. The summed E-state index contributed by atoms with van der Waals surface area (Å²) in [6, 6.07) is 10.1. The molecule has 1 amide bonds. The zero-order valence-electron chi connectivity index (χ0n) is 17.8. The Labute approximate surface area is 196 Å². The van der Waals surface area contributed by atoms with Crippen LogP contribution in [-0.2, 0) is 20.3 Å². The van der Waals surface area contributed by atoms with E-state index in [9.17, 15) is 13.8 Å². The summed E-state index contributed by atoms with van der Waals surface area (Å²) in [5.41, 5.74) is 0.858. The lowest BCUT2D eigenvalue weighted by Crippen LogP contribution is -2.25. The second kappa shape index (κ2) is 10.6. The van der Waals surface area contributed by atoms with Crippen molar-refractivity contribution in [2.24, 2.45) is 0 Å². The second-order valence-electron chi connectivity index (χ2n) is 7.25. The molecule has 2 atom stereocenters. The normalized spacial score (nSPS) is 14.4. The smallest absolute Gasteiger partial charge is 0.241 e. The lowest BCUT2D eigenvalue weighted by Gasteiger charge is -2.22. The SMILES string of the molecule is C=CCc1cc(/C=C/NC(=O)C(c2csc3ccc(Cl)cc23)P(C)(=O)OCC)ccc1F. The number of amides is 1. The summed E-state index contributed by atoms with van der Waals surface area (Å²) in [6.07, 6.45) is 5.16. The highest BCUT2D eigenvalue weighted by molar-refractivity contribution is 7.59. The van der Waals surface area contributed by atoms with Gasteiger partial charge in [0.15, 0.2) is 0 Å². The van der Waals surface area contributed by atoms with Crippen LogP contribution in [0, 0.1) is 5.82 Å². The third kappa shape index (κ3) is 5.57. The van der Waals surface area contributed by atoms with Crippen LogP contribution in [0.4, 0.5) is 4.39 Å². The molecule has 1 N–H and O–H groups in total. The van der Waals surface area contributed by atoms with Gasteiger partial charge in [0.2, 0.25) is 13.3 Å². The molecule has 1 heterocycles. The van der Waals surface area contributed by atoms with Crippen molar-refractivity contribution in [2.75, 3.05) is 13.3 Å². The van der Waals surface area contributed by atoms with E-state index in [-0.39, 0.29) is 12.4 Å². The molecule has 0 saturated carbocycles. The number of hydrogen-bond acceptors (Lipinski definition) is 4. The van der Waals surface area contributed by atoms with Gasteiger partial charge in [-0.2, -0.15) is 0 Å². The Morgan fingerprint density at radius 1 is 1.34 bits per heavy atom. The van der Waals surface area contributed by atoms with Gasteiger partial charge in [0, 0.05) is 22.6 Å². The highest BCUT2D eigenvalue weighted by atomic mass is 35.5. The maximum Gasteiger partial charge on any atom is 0.241 e. The van der Waals surface area contributed by atoms with Gasteiger partial charge in [0.25, 0.3) is 0 Å². The fourth-order valence-electron chi connectivity index (χ4n) is 3.48. The number of carbonyl (C=O) groups is 1. The average molecular weight is 492 g/mol. The van der Waals surface area contributed by atoms with Gasteiger partial charge in [-0.25, -0.2) is 4.39 Å². The molecule has 0 spiro atoms. The van der Waals surface area contributed by atoms with Crippen LogP contribution in [-0.4, -0.2) is 19.2 Å². The number of allylic oxidation sites excluding steroid dienone is 1. The molecular formula is C24H24ClFNO3PS. The van der Waals surface area contributed by atoms with E-state index in [1.807, 2.05) is 11.4 Å². The number of halogens is 2. The summed E-state index contributed by atoms with van der Waals surface area (Å²) in [5, 5.41) is 5.85. The molecule has 2 unspecified atom stereocenters. The topological polar surface area (TPSA) is 55.4 Å². The van der Waals surface area contributed by atoms with Gasteiger partial charge in [-0.1, -0.05) is 23.7 Å². The van der Waals surface area contributed by atoms with Crippen molar-refractivity contribution in [3.05, 3.63) is 88.2 Å². The number of fused-ring (bicyclic) bond motifs is 1. The van der Waals surface area contributed by atoms with E-state index in [0.29, 0.717) is 22.6 Å². The summed E-state index contributed by atoms with van der Waals surface area (Å²) in [5.74, 6) is -0.758. The van der Waals surface area contributed by atoms with E-state index in [2.05, 4.69) is 11.9 Å². The van der Waals surface area contributed by atoms with Crippen LogP contribution in [0.5, 0.6) is 0 Å². The van der Waals surface area contributed by atoms with E-state index < -0.39 is 18.9 Å². The summed E-state index contributed by atoms with van der Waals surface area (Å²) >= 11 is 7.62. The van der Waals surface area contributed by atoms with E-state index in [1.165, 1.54) is 30.3 Å². The van der Waals surface area contributed by atoms with Gasteiger partial charge < -0.3 is 9.84 Å². The van der Waals surface area contributed by atoms with E-state index in [4.69, 9.17) is 16.1 Å². The Kier molecular flexibility index (Phi) is 8.07. The Bertz CT molecular complexity index is 1220. The number of hydrogen-bond donors (Lipinski definition) is 1. The number of thiophene rings is 1. The third-order valence-corrected chi connectivity index (χ3v) is 8.34. The number of benzene rings is 2. The summed E-state index contributed by atoms with van der Waals surface area (Å²) in [7, 11) is -3.35. The standard InChI is InChI=1S/C24H24ClFNO3PS/c1-4-6-17-13-16(7-9-21(17)26)11-12-27-24(28)23(31(3,29)30-5-2)20-15-32-22-10-8-18(25)14-19(20)22/h4,7-15,23H,1,5-6H2,2-3H3,(H,27,28)/b12-11+. The van der Waals surface area contributed by atoms with Crippen LogP contribution in [0.3, 0.4) is 0 Å². The maximum atomic E-state index is 13.8. The van der Waals surface area contributed by atoms with Crippen LogP contribution in [0.2, 0.25) is 5.02 Å². The largest absolute Gasteiger partial charge is 0.332 e. The molecule has 168 valence electrons. The van der Waals surface area contributed by atoms with E-state index in [0.717, 1.165) is 15.6 Å². The third-order valence-electron chi connectivity index (χ3n) is 4.90. The van der Waals surface area contributed by atoms with Crippen molar-refractivity contribution in [1.82, 2.24) is 5.32 Å². The quantitative estimate of drug-likeness (QED) is 0.254. The van der Waals surface area contributed by atoms with Gasteiger partial charge in [-0.05, 0) is 77.2 Å². The molecule has 8 heteroatoms. The van der Waals surface area contributed by atoms with Gasteiger partial charge in [-0.15, -0.1) is 17.9 Å². The second-order valence-corrected chi connectivity index (χ2v) is 11.2. The molecule has 3 aromatic rings. The predicted octanol–water partition coefficient (Wildman–Crippen LogP) is 7.19. The minimum Gasteiger partial charge on any atom is -0.332 e. The molecule has 0 saturated heterocycles. The molecule has 32 heavy (non-hydrogen) atoms. The van der Waals surface area contributed by atoms with Gasteiger partial charge in [0.1, 0.15) is 11.5 Å². The van der Waals surface area contributed by atoms with Crippen LogP contribution < -0.4 is 5.32 Å². The van der Waals surface area contributed by atoms with Gasteiger partial charge >= 0.3 is 0 Å². The van der Waals surface area contributed by atoms with Crippen LogP contribution >= 0.6 is 30.3 Å². The molecule has 0 aliphatic rings. The van der Waals surface area contributed by atoms with Crippen molar-refractivity contribution in [3.63, 3.8) is 0 Å². The lowest BCUT2D eigenvalue weighted by molar-refractivity contribution is -0.120. The molecule has 1 aromatic heterocycles. The van der Waals surface area contributed by atoms with Gasteiger partial charge in [0.05, 0.1) is 6.61 Å². The lowest BCUT2D eigenvalue weighted by atomic mass is 10.1. The first-order valence-corrected chi connectivity index (χ1v) is 13.4. The summed E-state index contributed by atoms with van der Waals surface area (Å²) in [6.45, 7) is 7.06. The van der Waals surface area contributed by atoms with Crippen LogP contribution in [0.15, 0.2) is 60.6 Å². The van der Waals surface area contributed by atoms with Gasteiger partial charge in [-0.3, -0.25) is 9.36 Å². The molecule has 0 aliphatic heterocycles. The zero-order valence-corrected chi connectivity index (χ0v) is 20.3. The maximum absolute atomic E-state index is 13.8. The van der Waals surface area contributed by atoms with Crippen molar-refractivity contribution in [1.29, 1.82) is 0 Å². The first-order valence-electron chi connectivity index (χ1n) is 10.0. The molecule has 0 aliphatic carbocycles. The summed E-state index contributed by atoms with van der Waals surface area (Å²) < 4.78 is 33.7. The number of rotatable bonds is 9. The Balaban J connectivity index is 1.90. The number of carbonyl (C=O) groups excluding carboxylic acids is 1. The molecule has 0 fully saturated rings. The molecule has 4 nitrogen and oxygen atoms in total. The van der Waals surface area contributed by atoms with Crippen molar-refractivity contribution < 1.29 is 18.3 Å². The molecular weight excluding hydrogens is 468 g/mol. The summed E-state index contributed by atoms with van der Waals surface area (Å²) in [4.78, 5) is 13.2. The zero-order chi connectivity index (χ0) is 23.3. The highest BCUT2D eigenvalue weighted by Crippen LogP contribution is 2.58. The molecule has 3 rings (SSSR count). The highest BCUT2D eigenvalue weighted by Gasteiger charge is 2.38. The fourth-order valence-corrected chi connectivity index (χ4v) is 6.60. The Morgan fingerprint density at radius 2 is 2.12 bits per heavy atom. The number of nitrogens with one attached hydrogen (secondary N) is 1. The Hall–Kier alpha value is -2.24. The first kappa shape index (κ1) is 24.4.